The number of aliphatic imine (C=N–C) groups is 1. The van der Waals surface area contributed by atoms with E-state index in [1.807, 2.05) is 60.7 Å². The van der Waals surface area contributed by atoms with Crippen LogP contribution in [0.5, 0.6) is 11.5 Å². The number of hydrogen-bond acceptors (Lipinski definition) is 7. The second kappa shape index (κ2) is 17.1. The van der Waals surface area contributed by atoms with Crippen molar-refractivity contribution in [2.45, 2.75) is 13.0 Å². The van der Waals surface area contributed by atoms with E-state index in [1.165, 1.54) is 30.2 Å². The summed E-state index contributed by atoms with van der Waals surface area (Å²) in [6.07, 6.45) is 7.86. The van der Waals surface area contributed by atoms with Crippen molar-refractivity contribution in [1.82, 2.24) is 10.2 Å². The van der Waals surface area contributed by atoms with E-state index in [0.717, 1.165) is 22.9 Å². The molecule has 1 heterocycles. The van der Waals surface area contributed by atoms with Gasteiger partial charge in [0, 0.05) is 10.2 Å². The summed E-state index contributed by atoms with van der Waals surface area (Å²) < 4.78 is 11.1. The molecule has 4 rings (SSSR count). The molecule has 0 saturated heterocycles. The molecule has 3 aromatic rings. The molecule has 0 aliphatic carbocycles. The molecule has 3 aromatic carbocycles. The van der Waals surface area contributed by atoms with E-state index in [9.17, 15) is 19.2 Å². The zero-order valence-corrected chi connectivity index (χ0v) is 28.5. The maximum absolute atomic E-state index is 14.0. The smallest absolute Gasteiger partial charge is 0.341 e. The average molecular weight is 731 g/mol. The number of hydrogen-bond donors (Lipinski definition) is 2. The molecule has 0 spiro atoms. The fourth-order valence-electron chi connectivity index (χ4n) is 4.62. The fraction of sp³-hybridized carbons (Fsp3) is 0.139. The largest absolute Gasteiger partial charge is 0.493 e. The highest BCUT2D eigenvalue weighted by atomic mass is 79.9. The Morgan fingerprint density at radius 1 is 1.06 bits per heavy atom. The van der Waals surface area contributed by atoms with Crippen LogP contribution in [0.2, 0.25) is 0 Å². The van der Waals surface area contributed by atoms with E-state index in [0.29, 0.717) is 15.7 Å². The number of halogens is 1. The van der Waals surface area contributed by atoms with Crippen LogP contribution in [0.3, 0.4) is 0 Å². The first kappa shape index (κ1) is 35.7. The van der Waals surface area contributed by atoms with Gasteiger partial charge in [-0.3, -0.25) is 19.3 Å². The number of aliphatic carboxylic acids is 1. The number of amides is 3. The van der Waals surface area contributed by atoms with Crippen LogP contribution in [-0.2, 0) is 19.2 Å². The number of carbonyl (C=O) groups excluding carboxylic acids is 3. The fourth-order valence-corrected chi connectivity index (χ4v) is 5.87. The Bertz CT molecular complexity index is 1780. The zero-order chi connectivity index (χ0) is 34.6. The number of rotatable bonds is 13. The molecule has 0 radical (unpaired) electrons. The van der Waals surface area contributed by atoms with Crippen LogP contribution in [0.25, 0.3) is 6.08 Å². The van der Waals surface area contributed by atoms with E-state index in [-0.39, 0.29) is 33.9 Å². The minimum absolute atomic E-state index is 0.0316. The number of nitrogens with one attached hydrogen (secondary N) is 1. The number of ether oxygens (including phenoxy) is 2. The molecule has 0 unspecified atom stereocenters. The van der Waals surface area contributed by atoms with Crippen molar-refractivity contribution in [2.75, 3.05) is 19.5 Å². The Morgan fingerprint density at radius 3 is 2.27 bits per heavy atom. The lowest BCUT2D eigenvalue weighted by molar-refractivity contribution is -0.139. The number of amidine groups is 1. The van der Waals surface area contributed by atoms with Gasteiger partial charge in [0.15, 0.2) is 23.3 Å². The summed E-state index contributed by atoms with van der Waals surface area (Å²) in [6, 6.07) is 21.7. The van der Waals surface area contributed by atoms with Crippen molar-refractivity contribution in [2.24, 2.45) is 4.99 Å². The molecular formula is C36H32BrN3O7S. The number of allylic oxidation sites excluding steroid dienone is 4. The Morgan fingerprint density at radius 2 is 1.71 bits per heavy atom. The van der Waals surface area contributed by atoms with E-state index in [4.69, 9.17) is 14.6 Å². The molecule has 246 valence electrons. The van der Waals surface area contributed by atoms with Crippen molar-refractivity contribution >= 4 is 62.6 Å². The monoisotopic (exact) mass is 729 g/mol. The standard InChI is InChI=1S/C36H32BrN3O7S/c1-4-6-17-26(5-2)40-35(45)27(18-25-19-29(46-3)30(20-28(25)37)47-21-32(42)43)34(44)39-36(40)48-22-31(41)38-33(23-13-9-7-10-14-23)24-15-11-8-12-16-24/h4-20,33H,1,21-22H2,2-3H3,(H,38,41)(H,42,43)/b17-6-,26-5+,27-18+. The molecule has 0 aromatic heterocycles. The molecule has 0 saturated carbocycles. The molecule has 1 aliphatic rings. The van der Waals surface area contributed by atoms with Crippen LogP contribution in [0.1, 0.15) is 29.7 Å². The highest BCUT2D eigenvalue weighted by molar-refractivity contribution is 9.10. The van der Waals surface area contributed by atoms with Gasteiger partial charge in [0.25, 0.3) is 11.8 Å². The Hall–Kier alpha value is -5.20. The second-order valence-corrected chi connectivity index (χ2v) is 11.8. The summed E-state index contributed by atoms with van der Waals surface area (Å²) in [5.74, 6) is -2.75. The van der Waals surface area contributed by atoms with Crippen LogP contribution in [0.4, 0.5) is 0 Å². The lowest BCUT2D eigenvalue weighted by Gasteiger charge is -2.28. The Labute approximate surface area is 290 Å². The van der Waals surface area contributed by atoms with Crippen molar-refractivity contribution in [3.05, 3.63) is 136 Å². The normalized spacial score (nSPS) is 14.3. The molecule has 3 amide bonds. The first-order valence-electron chi connectivity index (χ1n) is 14.6. The van der Waals surface area contributed by atoms with Crippen LogP contribution in [0, 0.1) is 0 Å². The summed E-state index contributed by atoms with van der Waals surface area (Å²) >= 11 is 4.36. The van der Waals surface area contributed by atoms with E-state index >= 15 is 0 Å². The van der Waals surface area contributed by atoms with Crippen LogP contribution >= 0.6 is 27.7 Å². The summed E-state index contributed by atoms with van der Waals surface area (Å²) in [4.78, 5) is 57.3. The van der Waals surface area contributed by atoms with Crippen LogP contribution < -0.4 is 14.8 Å². The third kappa shape index (κ3) is 8.99. The summed E-state index contributed by atoms with van der Waals surface area (Å²) in [5, 5.41) is 12.1. The molecule has 0 atom stereocenters. The van der Waals surface area contributed by atoms with Crippen LogP contribution in [-0.4, -0.2) is 58.3 Å². The van der Waals surface area contributed by atoms with Gasteiger partial charge in [-0.15, -0.1) is 0 Å². The number of carboxylic acid groups (broad SMARTS) is 1. The van der Waals surface area contributed by atoms with E-state index < -0.39 is 30.4 Å². The maximum atomic E-state index is 14.0. The van der Waals surface area contributed by atoms with Gasteiger partial charge in [0.05, 0.1) is 18.9 Å². The first-order valence-corrected chi connectivity index (χ1v) is 16.3. The predicted molar refractivity (Wildman–Crippen MR) is 190 cm³/mol. The number of carbonyl (C=O) groups is 4. The molecule has 12 heteroatoms. The lowest BCUT2D eigenvalue weighted by Crippen LogP contribution is -2.42. The number of benzene rings is 3. The van der Waals surface area contributed by atoms with Gasteiger partial charge in [-0.1, -0.05) is 113 Å². The lowest BCUT2D eigenvalue weighted by atomic mass is 9.99. The molecule has 48 heavy (non-hydrogen) atoms. The van der Waals surface area contributed by atoms with Gasteiger partial charge in [-0.05, 0) is 47.9 Å². The number of carboxylic acids is 1. The number of thioether (sulfide) groups is 1. The van der Waals surface area contributed by atoms with E-state index in [1.54, 1.807) is 31.2 Å². The predicted octanol–water partition coefficient (Wildman–Crippen LogP) is 6.31. The number of methoxy groups -OCH3 is 1. The summed E-state index contributed by atoms with van der Waals surface area (Å²) in [7, 11) is 1.38. The molecule has 1 aliphatic heterocycles. The van der Waals surface area contributed by atoms with Gasteiger partial charge in [-0.2, -0.15) is 4.99 Å². The minimum atomic E-state index is -1.17. The third-order valence-electron chi connectivity index (χ3n) is 6.85. The molecule has 0 bridgehead atoms. The van der Waals surface area contributed by atoms with Crippen molar-refractivity contribution < 1.29 is 33.8 Å². The quantitative estimate of drug-likeness (QED) is 0.119. The Balaban J connectivity index is 1.65. The first-order chi connectivity index (χ1) is 23.2. The molecular weight excluding hydrogens is 698 g/mol. The van der Waals surface area contributed by atoms with Gasteiger partial charge < -0.3 is 19.9 Å². The topological polar surface area (TPSA) is 135 Å². The Kier molecular flexibility index (Phi) is 12.7. The van der Waals surface area contributed by atoms with Gasteiger partial charge >= 0.3 is 5.97 Å². The average Bonchev–Trinajstić information content (AvgIpc) is 3.09. The van der Waals surface area contributed by atoms with Crippen molar-refractivity contribution in [1.29, 1.82) is 0 Å². The maximum Gasteiger partial charge on any atom is 0.341 e. The van der Waals surface area contributed by atoms with Crippen molar-refractivity contribution in [3.8, 4) is 11.5 Å². The summed E-state index contributed by atoms with van der Waals surface area (Å²) in [5.41, 5.74) is 2.34. The van der Waals surface area contributed by atoms with Gasteiger partial charge in [-0.25, -0.2) is 4.79 Å². The van der Waals surface area contributed by atoms with Gasteiger partial charge in [0.1, 0.15) is 5.57 Å². The SMILES string of the molecule is C=C/C=C\C(=C/C)N1C(=O)/C(=C/c2cc(OC)c(OCC(=O)O)cc2Br)C(=O)N=C1SCC(=O)NC(c1ccccc1)c1ccccc1. The highest BCUT2D eigenvalue weighted by Gasteiger charge is 2.35. The molecule has 2 N–H and O–H groups in total. The third-order valence-corrected chi connectivity index (χ3v) is 8.47. The number of nitrogens with zero attached hydrogens (tertiary/aromatic N) is 2. The van der Waals surface area contributed by atoms with Gasteiger partial charge in [0.2, 0.25) is 5.91 Å². The highest BCUT2D eigenvalue weighted by Crippen LogP contribution is 2.36. The van der Waals surface area contributed by atoms with Crippen LogP contribution in [0.15, 0.2) is 124 Å². The zero-order valence-electron chi connectivity index (χ0n) is 26.1. The van der Waals surface area contributed by atoms with Crippen molar-refractivity contribution in [3.63, 3.8) is 0 Å². The molecule has 0 fully saturated rings. The summed E-state index contributed by atoms with van der Waals surface area (Å²) in [6.45, 7) is 4.83. The minimum Gasteiger partial charge on any atom is -0.493 e. The van der Waals surface area contributed by atoms with E-state index in [2.05, 4.69) is 32.8 Å². The second-order valence-electron chi connectivity index (χ2n) is 10.0. The molecule has 10 nitrogen and oxygen atoms in total.